The van der Waals surface area contributed by atoms with Gasteiger partial charge in [-0.1, -0.05) is 30.0 Å². The third-order valence-electron chi connectivity index (χ3n) is 4.83. The number of carbonyl (C=O) groups excluding carboxylic acids is 1. The maximum Gasteiger partial charge on any atom is 0.326 e. The normalized spacial score (nSPS) is 21.6. The van der Waals surface area contributed by atoms with Crippen molar-refractivity contribution < 1.29 is 27.4 Å². The summed E-state index contributed by atoms with van der Waals surface area (Å²) < 4.78 is 43.7. The van der Waals surface area contributed by atoms with Crippen LogP contribution in [0.3, 0.4) is 0 Å². The molecule has 8 heteroatoms. The number of nitrogens with zero attached hydrogens (tertiary/aromatic N) is 1. The second-order valence-electron chi connectivity index (χ2n) is 7.12. The van der Waals surface area contributed by atoms with E-state index in [1.54, 1.807) is 26.0 Å². The molecule has 3 rings (SSSR count). The standard InChI is InChI=1S/C23H25NO6S/c1-17-16-24(22(18(2)30-17)23(25)28-3)31(26,27)21-13-11-20(12-14-21)29-15-7-10-19-8-5-4-6-9-19/h4-6,8-9,11-14,17-18,22H,15-16H2,1-3H3/t17-,18-,22+/m0/s1. The Morgan fingerprint density at radius 2 is 1.81 bits per heavy atom. The van der Waals surface area contributed by atoms with Gasteiger partial charge in [0.2, 0.25) is 10.0 Å². The van der Waals surface area contributed by atoms with Crippen LogP contribution in [0, 0.1) is 11.8 Å². The Balaban J connectivity index is 1.72. The minimum atomic E-state index is -3.94. The zero-order valence-electron chi connectivity index (χ0n) is 17.6. The van der Waals surface area contributed by atoms with Crippen LogP contribution >= 0.6 is 0 Å². The summed E-state index contributed by atoms with van der Waals surface area (Å²) in [7, 11) is -2.71. The second kappa shape index (κ2) is 9.96. The summed E-state index contributed by atoms with van der Waals surface area (Å²) in [4.78, 5) is 12.3. The van der Waals surface area contributed by atoms with Crippen LogP contribution in [-0.2, 0) is 24.3 Å². The molecule has 0 saturated carbocycles. The molecule has 0 radical (unpaired) electrons. The van der Waals surface area contributed by atoms with Crippen LogP contribution in [-0.4, -0.2) is 57.2 Å². The first-order valence-electron chi connectivity index (χ1n) is 9.85. The number of benzene rings is 2. The summed E-state index contributed by atoms with van der Waals surface area (Å²) in [6, 6.07) is 14.5. The third-order valence-corrected chi connectivity index (χ3v) is 6.69. The maximum absolute atomic E-state index is 13.2. The average Bonchev–Trinajstić information content (AvgIpc) is 2.77. The largest absolute Gasteiger partial charge is 0.481 e. The van der Waals surface area contributed by atoms with Gasteiger partial charge in [-0.25, -0.2) is 8.42 Å². The van der Waals surface area contributed by atoms with E-state index in [1.165, 1.54) is 19.2 Å². The van der Waals surface area contributed by atoms with Crippen LogP contribution in [0.15, 0.2) is 59.5 Å². The van der Waals surface area contributed by atoms with E-state index < -0.39 is 28.1 Å². The van der Waals surface area contributed by atoms with Crippen molar-refractivity contribution in [3.05, 3.63) is 60.2 Å². The summed E-state index contributed by atoms with van der Waals surface area (Å²) in [6.07, 6.45) is -0.978. The highest BCUT2D eigenvalue weighted by Crippen LogP contribution is 2.27. The molecule has 0 bridgehead atoms. The number of hydrogen-bond donors (Lipinski definition) is 0. The summed E-state index contributed by atoms with van der Waals surface area (Å²) in [6.45, 7) is 3.65. The van der Waals surface area contributed by atoms with Crippen LogP contribution in [0.25, 0.3) is 0 Å². The van der Waals surface area contributed by atoms with Gasteiger partial charge in [0.15, 0.2) is 0 Å². The molecule has 0 aliphatic carbocycles. The highest BCUT2D eigenvalue weighted by Gasteiger charge is 2.45. The van der Waals surface area contributed by atoms with Crippen LogP contribution in [0.1, 0.15) is 19.4 Å². The number of hydrogen-bond acceptors (Lipinski definition) is 6. The zero-order valence-corrected chi connectivity index (χ0v) is 18.5. The smallest absolute Gasteiger partial charge is 0.326 e. The molecule has 0 unspecified atom stereocenters. The summed E-state index contributed by atoms with van der Waals surface area (Å²) in [5, 5.41) is 0. The molecule has 0 amide bonds. The van der Waals surface area contributed by atoms with E-state index in [9.17, 15) is 13.2 Å². The quantitative estimate of drug-likeness (QED) is 0.522. The lowest BCUT2D eigenvalue weighted by Crippen LogP contribution is -2.58. The van der Waals surface area contributed by atoms with Crippen LogP contribution < -0.4 is 4.74 Å². The fourth-order valence-corrected chi connectivity index (χ4v) is 5.10. The molecule has 0 spiro atoms. The molecule has 3 atom stereocenters. The van der Waals surface area contributed by atoms with E-state index in [4.69, 9.17) is 14.2 Å². The number of carbonyl (C=O) groups is 1. The Kier molecular flexibility index (Phi) is 7.33. The molecule has 0 aromatic heterocycles. The van der Waals surface area contributed by atoms with E-state index in [2.05, 4.69) is 11.8 Å². The van der Waals surface area contributed by atoms with E-state index >= 15 is 0 Å². The van der Waals surface area contributed by atoms with Gasteiger partial charge < -0.3 is 14.2 Å². The predicted molar refractivity (Wildman–Crippen MR) is 115 cm³/mol. The van der Waals surface area contributed by atoms with Gasteiger partial charge in [0.1, 0.15) is 18.4 Å². The predicted octanol–water partition coefficient (Wildman–Crippen LogP) is 2.46. The number of esters is 1. The summed E-state index contributed by atoms with van der Waals surface area (Å²) in [5.41, 5.74) is 0.890. The van der Waals surface area contributed by atoms with Crippen molar-refractivity contribution in [2.45, 2.75) is 37.0 Å². The first-order valence-corrected chi connectivity index (χ1v) is 11.3. The lowest BCUT2D eigenvalue weighted by atomic mass is 10.1. The van der Waals surface area contributed by atoms with E-state index in [-0.39, 0.29) is 24.2 Å². The van der Waals surface area contributed by atoms with Gasteiger partial charge in [-0.3, -0.25) is 4.79 Å². The van der Waals surface area contributed by atoms with Crippen molar-refractivity contribution in [3.8, 4) is 17.6 Å². The fourth-order valence-electron chi connectivity index (χ4n) is 3.38. The Hall–Kier alpha value is -2.86. The third kappa shape index (κ3) is 5.44. The Labute approximate surface area is 183 Å². The number of rotatable bonds is 5. The van der Waals surface area contributed by atoms with E-state index in [1.807, 2.05) is 30.3 Å². The molecular formula is C23H25NO6S. The number of methoxy groups -OCH3 is 1. The second-order valence-corrected chi connectivity index (χ2v) is 9.01. The Morgan fingerprint density at radius 1 is 1.13 bits per heavy atom. The molecule has 164 valence electrons. The lowest BCUT2D eigenvalue weighted by Gasteiger charge is -2.39. The molecule has 2 aromatic rings. The zero-order chi connectivity index (χ0) is 22.4. The fraction of sp³-hybridized carbons (Fsp3) is 0.348. The van der Waals surface area contributed by atoms with Gasteiger partial charge in [0.05, 0.1) is 24.2 Å². The Bertz CT molecular complexity index is 1060. The van der Waals surface area contributed by atoms with Crippen molar-refractivity contribution in [2.24, 2.45) is 0 Å². The van der Waals surface area contributed by atoms with Gasteiger partial charge in [-0.05, 0) is 50.2 Å². The summed E-state index contributed by atoms with van der Waals surface area (Å²) in [5.74, 6) is 5.75. The van der Waals surface area contributed by atoms with Crippen LogP contribution in [0.4, 0.5) is 0 Å². The molecule has 2 aromatic carbocycles. The monoisotopic (exact) mass is 443 g/mol. The lowest BCUT2D eigenvalue weighted by molar-refractivity contribution is -0.158. The molecule has 31 heavy (non-hydrogen) atoms. The SMILES string of the molecule is COC(=O)[C@H]1[C@H](C)O[C@@H](C)CN1S(=O)(=O)c1ccc(OCC#Cc2ccccc2)cc1. The molecule has 1 aliphatic rings. The van der Waals surface area contributed by atoms with E-state index in [0.29, 0.717) is 5.75 Å². The van der Waals surface area contributed by atoms with Crippen molar-refractivity contribution >= 4 is 16.0 Å². The minimum absolute atomic E-state index is 0.0553. The van der Waals surface area contributed by atoms with Crippen LogP contribution in [0.5, 0.6) is 5.75 Å². The first kappa shape index (κ1) is 22.8. The topological polar surface area (TPSA) is 82.1 Å². The highest BCUT2D eigenvalue weighted by molar-refractivity contribution is 7.89. The molecule has 0 N–H and O–H groups in total. The molecule has 1 aliphatic heterocycles. The van der Waals surface area contributed by atoms with Gasteiger partial charge in [0.25, 0.3) is 0 Å². The van der Waals surface area contributed by atoms with E-state index in [0.717, 1.165) is 9.87 Å². The van der Waals surface area contributed by atoms with Gasteiger partial charge >= 0.3 is 5.97 Å². The van der Waals surface area contributed by atoms with Gasteiger partial charge in [0, 0.05) is 12.1 Å². The van der Waals surface area contributed by atoms with Crippen molar-refractivity contribution in [3.63, 3.8) is 0 Å². The average molecular weight is 444 g/mol. The Morgan fingerprint density at radius 3 is 2.45 bits per heavy atom. The number of ether oxygens (including phenoxy) is 3. The summed E-state index contributed by atoms with van der Waals surface area (Å²) >= 11 is 0. The van der Waals surface area contributed by atoms with Gasteiger partial charge in [-0.2, -0.15) is 4.31 Å². The van der Waals surface area contributed by atoms with Crippen molar-refractivity contribution in [1.29, 1.82) is 0 Å². The molecular weight excluding hydrogens is 418 g/mol. The van der Waals surface area contributed by atoms with Crippen LogP contribution in [0.2, 0.25) is 0 Å². The molecule has 1 fully saturated rings. The molecule has 1 heterocycles. The minimum Gasteiger partial charge on any atom is -0.481 e. The molecule has 7 nitrogen and oxygen atoms in total. The number of morpholine rings is 1. The maximum atomic E-state index is 13.2. The highest BCUT2D eigenvalue weighted by atomic mass is 32.2. The molecule has 1 saturated heterocycles. The first-order chi connectivity index (χ1) is 14.8. The van der Waals surface area contributed by atoms with Gasteiger partial charge in [-0.15, -0.1) is 0 Å². The van der Waals surface area contributed by atoms with Crippen molar-refractivity contribution in [1.82, 2.24) is 4.31 Å². The number of sulfonamides is 1. The van der Waals surface area contributed by atoms with Crippen molar-refractivity contribution in [2.75, 3.05) is 20.3 Å².